The lowest BCUT2D eigenvalue weighted by Gasteiger charge is -2.28. The van der Waals surface area contributed by atoms with Gasteiger partial charge in [-0.15, -0.1) is 0 Å². The summed E-state index contributed by atoms with van der Waals surface area (Å²) in [6.45, 7) is 3.73. The van der Waals surface area contributed by atoms with Gasteiger partial charge in [0.15, 0.2) is 0 Å². The summed E-state index contributed by atoms with van der Waals surface area (Å²) < 4.78 is 0. The van der Waals surface area contributed by atoms with Crippen LogP contribution < -0.4 is 5.48 Å². The third-order valence-corrected chi connectivity index (χ3v) is 3.52. The van der Waals surface area contributed by atoms with Crippen LogP contribution in [0.1, 0.15) is 25.8 Å². The van der Waals surface area contributed by atoms with Crippen LogP contribution in [-0.4, -0.2) is 15.4 Å². The zero-order valence-electron chi connectivity index (χ0n) is 10.4. The first-order valence-corrected chi connectivity index (χ1v) is 5.88. The van der Waals surface area contributed by atoms with Gasteiger partial charge in [-0.1, -0.05) is 19.1 Å². The molecule has 96 valence electrons. The molecule has 4 heteroatoms. The van der Waals surface area contributed by atoms with Gasteiger partial charge in [0, 0.05) is 10.9 Å². The van der Waals surface area contributed by atoms with Gasteiger partial charge in [0.25, 0.3) is 0 Å². The molecule has 0 aliphatic carbocycles. The molecule has 0 radical (unpaired) electrons. The van der Waals surface area contributed by atoms with Crippen molar-refractivity contribution in [3.63, 3.8) is 0 Å². The fourth-order valence-electron chi connectivity index (χ4n) is 2.08. The molecule has 0 saturated heterocycles. The SMILES string of the molecule is CCC(C)(NO)c1ccc2cc(O)ccc2c1O. The van der Waals surface area contributed by atoms with Gasteiger partial charge < -0.3 is 15.4 Å². The zero-order chi connectivity index (χ0) is 13.3. The predicted molar refractivity (Wildman–Crippen MR) is 69.8 cm³/mol. The van der Waals surface area contributed by atoms with Crippen LogP contribution in [0.15, 0.2) is 30.3 Å². The fourth-order valence-corrected chi connectivity index (χ4v) is 2.08. The number of rotatable bonds is 3. The number of phenolic OH excluding ortho intramolecular Hbond substituents is 2. The van der Waals surface area contributed by atoms with Crippen molar-refractivity contribution in [1.29, 1.82) is 0 Å². The number of hydrogen-bond donors (Lipinski definition) is 4. The Balaban J connectivity index is 2.68. The van der Waals surface area contributed by atoms with Gasteiger partial charge in [0.05, 0.1) is 5.54 Å². The standard InChI is InChI=1S/C14H17NO3/c1-3-14(2,15-18)12-7-4-9-8-10(16)5-6-11(9)13(12)17/h4-8,15-18H,3H2,1-2H3. The van der Waals surface area contributed by atoms with Crippen molar-refractivity contribution in [2.24, 2.45) is 0 Å². The lowest BCUT2D eigenvalue weighted by atomic mass is 9.87. The minimum atomic E-state index is -0.698. The van der Waals surface area contributed by atoms with Crippen molar-refractivity contribution < 1.29 is 15.4 Å². The largest absolute Gasteiger partial charge is 0.508 e. The van der Waals surface area contributed by atoms with Crippen LogP contribution in [0.4, 0.5) is 0 Å². The summed E-state index contributed by atoms with van der Waals surface area (Å²) in [7, 11) is 0. The third-order valence-electron chi connectivity index (χ3n) is 3.52. The van der Waals surface area contributed by atoms with Crippen LogP contribution >= 0.6 is 0 Å². The number of benzene rings is 2. The maximum atomic E-state index is 10.3. The molecule has 2 aromatic carbocycles. The molecule has 4 N–H and O–H groups in total. The molecule has 1 atom stereocenters. The Hall–Kier alpha value is -1.78. The first-order valence-electron chi connectivity index (χ1n) is 5.88. The molecule has 1 unspecified atom stereocenters. The summed E-state index contributed by atoms with van der Waals surface area (Å²) in [6.07, 6.45) is 0.626. The molecule has 0 amide bonds. The van der Waals surface area contributed by atoms with E-state index in [1.54, 1.807) is 18.2 Å². The van der Waals surface area contributed by atoms with Gasteiger partial charge in [0.1, 0.15) is 11.5 Å². The maximum absolute atomic E-state index is 10.3. The van der Waals surface area contributed by atoms with E-state index in [0.717, 1.165) is 5.39 Å². The van der Waals surface area contributed by atoms with Gasteiger partial charge in [-0.3, -0.25) is 0 Å². The average molecular weight is 247 g/mol. The summed E-state index contributed by atoms with van der Waals surface area (Å²) in [5.74, 6) is 0.284. The molecular formula is C14H17NO3. The second kappa shape index (κ2) is 4.48. The van der Waals surface area contributed by atoms with E-state index in [9.17, 15) is 15.4 Å². The third kappa shape index (κ3) is 1.89. The predicted octanol–water partition coefficient (Wildman–Crippen LogP) is 2.86. The van der Waals surface area contributed by atoms with Gasteiger partial charge in [0.2, 0.25) is 0 Å². The number of fused-ring (bicyclic) bond motifs is 1. The van der Waals surface area contributed by atoms with Crippen molar-refractivity contribution in [3.05, 3.63) is 35.9 Å². The summed E-state index contributed by atoms with van der Waals surface area (Å²) in [5.41, 5.74) is 2.18. The fraction of sp³-hybridized carbons (Fsp3) is 0.286. The molecular weight excluding hydrogens is 230 g/mol. The Labute approximate surface area is 105 Å². The van der Waals surface area contributed by atoms with Crippen molar-refractivity contribution in [3.8, 4) is 11.5 Å². The van der Waals surface area contributed by atoms with E-state index in [0.29, 0.717) is 17.4 Å². The molecule has 0 aliphatic rings. The van der Waals surface area contributed by atoms with Gasteiger partial charge in [-0.2, -0.15) is 5.48 Å². The normalized spacial score (nSPS) is 14.6. The Kier molecular flexibility index (Phi) is 3.15. The Bertz CT molecular complexity index is 577. The lowest BCUT2D eigenvalue weighted by Crippen LogP contribution is -2.36. The number of hydroxylamine groups is 1. The number of hydrogen-bond acceptors (Lipinski definition) is 4. The number of aromatic hydroxyl groups is 2. The van der Waals surface area contributed by atoms with Crippen LogP contribution in [0.3, 0.4) is 0 Å². The quantitative estimate of drug-likeness (QED) is 0.629. The highest BCUT2D eigenvalue weighted by molar-refractivity contribution is 5.90. The summed E-state index contributed by atoms with van der Waals surface area (Å²) in [5, 5.41) is 30.4. The number of nitrogens with one attached hydrogen (secondary N) is 1. The van der Waals surface area contributed by atoms with Crippen LogP contribution in [0, 0.1) is 0 Å². The molecule has 0 fully saturated rings. The van der Waals surface area contributed by atoms with Crippen molar-refractivity contribution in [1.82, 2.24) is 5.48 Å². The highest BCUT2D eigenvalue weighted by Gasteiger charge is 2.27. The van der Waals surface area contributed by atoms with Crippen molar-refractivity contribution in [2.75, 3.05) is 0 Å². The zero-order valence-corrected chi connectivity index (χ0v) is 10.4. The first-order chi connectivity index (χ1) is 8.51. The molecule has 0 heterocycles. The van der Waals surface area contributed by atoms with E-state index in [1.165, 1.54) is 6.07 Å². The second-order valence-corrected chi connectivity index (χ2v) is 4.66. The molecule has 0 spiro atoms. The van der Waals surface area contributed by atoms with E-state index in [2.05, 4.69) is 5.48 Å². The summed E-state index contributed by atoms with van der Waals surface area (Å²) in [6, 6.07) is 8.35. The molecule has 18 heavy (non-hydrogen) atoms. The van der Waals surface area contributed by atoms with E-state index in [1.807, 2.05) is 19.9 Å². The smallest absolute Gasteiger partial charge is 0.128 e. The maximum Gasteiger partial charge on any atom is 0.128 e. The van der Waals surface area contributed by atoms with E-state index in [4.69, 9.17) is 0 Å². The topological polar surface area (TPSA) is 72.7 Å². The lowest BCUT2D eigenvalue weighted by molar-refractivity contribution is 0.0659. The Morgan fingerprint density at radius 2 is 1.89 bits per heavy atom. The Morgan fingerprint density at radius 3 is 2.50 bits per heavy atom. The minimum Gasteiger partial charge on any atom is -0.508 e. The van der Waals surface area contributed by atoms with Crippen molar-refractivity contribution >= 4 is 10.8 Å². The van der Waals surface area contributed by atoms with Gasteiger partial charge in [-0.25, -0.2) is 0 Å². The van der Waals surface area contributed by atoms with Gasteiger partial charge >= 0.3 is 0 Å². The van der Waals surface area contributed by atoms with Crippen molar-refractivity contribution in [2.45, 2.75) is 25.8 Å². The highest BCUT2D eigenvalue weighted by atomic mass is 16.5. The molecule has 0 saturated carbocycles. The first kappa shape index (κ1) is 12.7. The monoisotopic (exact) mass is 247 g/mol. The minimum absolute atomic E-state index is 0.124. The molecule has 2 aromatic rings. The van der Waals surface area contributed by atoms with Crippen LogP contribution in [0.2, 0.25) is 0 Å². The Morgan fingerprint density at radius 1 is 1.17 bits per heavy atom. The summed E-state index contributed by atoms with van der Waals surface area (Å²) in [4.78, 5) is 0. The van der Waals surface area contributed by atoms with E-state index in [-0.39, 0.29) is 11.5 Å². The van der Waals surface area contributed by atoms with Crippen LogP contribution in [0.25, 0.3) is 10.8 Å². The average Bonchev–Trinajstić information content (AvgIpc) is 2.38. The van der Waals surface area contributed by atoms with E-state index >= 15 is 0 Å². The second-order valence-electron chi connectivity index (χ2n) is 4.66. The number of phenols is 2. The van der Waals surface area contributed by atoms with Crippen LogP contribution in [0.5, 0.6) is 11.5 Å². The highest BCUT2D eigenvalue weighted by Crippen LogP contribution is 2.37. The van der Waals surface area contributed by atoms with Crippen LogP contribution in [-0.2, 0) is 5.54 Å². The molecule has 4 nitrogen and oxygen atoms in total. The molecule has 0 bridgehead atoms. The van der Waals surface area contributed by atoms with Gasteiger partial charge in [-0.05, 0) is 36.9 Å². The molecule has 0 aromatic heterocycles. The van der Waals surface area contributed by atoms with E-state index < -0.39 is 5.54 Å². The molecule has 2 rings (SSSR count). The molecule has 0 aliphatic heterocycles. The summed E-state index contributed by atoms with van der Waals surface area (Å²) >= 11 is 0.